The van der Waals surface area contributed by atoms with E-state index >= 15 is 0 Å². The van der Waals surface area contributed by atoms with E-state index in [1.54, 1.807) is 0 Å². The first kappa shape index (κ1) is 14.0. The maximum Gasteiger partial charge on any atom is 0.0297 e. The molecule has 0 aromatic heterocycles. The van der Waals surface area contributed by atoms with Gasteiger partial charge in [0.05, 0.1) is 0 Å². The fourth-order valence-corrected chi connectivity index (χ4v) is 2.00. The molecule has 1 rings (SSSR count). The molecule has 17 heavy (non-hydrogen) atoms. The van der Waals surface area contributed by atoms with Crippen LogP contribution >= 0.6 is 0 Å². The number of aryl methyl sites for hydroxylation is 3. The third-order valence-electron chi connectivity index (χ3n) is 3.28. The molecule has 0 radical (unpaired) electrons. The summed E-state index contributed by atoms with van der Waals surface area (Å²) in [5, 5.41) is 3.54. The van der Waals surface area contributed by atoms with Gasteiger partial charge in [0, 0.05) is 12.6 Å². The Labute approximate surface area is 106 Å². The minimum absolute atomic E-state index is 0.407. The van der Waals surface area contributed by atoms with Gasteiger partial charge in [-0.15, -0.1) is 0 Å². The summed E-state index contributed by atoms with van der Waals surface area (Å²) in [6, 6.07) is 5.00. The van der Waals surface area contributed by atoms with Gasteiger partial charge < -0.3 is 5.32 Å². The van der Waals surface area contributed by atoms with Crippen LogP contribution in [0.5, 0.6) is 0 Å². The van der Waals surface area contributed by atoms with E-state index < -0.39 is 0 Å². The van der Waals surface area contributed by atoms with E-state index in [0.717, 1.165) is 6.54 Å². The smallest absolute Gasteiger partial charge is 0.0297 e. The predicted molar refractivity (Wildman–Crippen MR) is 76.5 cm³/mol. The van der Waals surface area contributed by atoms with Gasteiger partial charge in [-0.2, -0.15) is 0 Å². The second-order valence-corrected chi connectivity index (χ2v) is 5.20. The van der Waals surface area contributed by atoms with Crippen LogP contribution in [0, 0.1) is 20.8 Å². The third-order valence-corrected chi connectivity index (χ3v) is 3.28. The Morgan fingerprint density at radius 3 is 2.29 bits per heavy atom. The SMILES string of the molecule is CC(C)=CCNC(C)c1cc(C)c(C)cc1C. The van der Waals surface area contributed by atoms with Crippen molar-refractivity contribution < 1.29 is 0 Å². The monoisotopic (exact) mass is 231 g/mol. The number of nitrogens with one attached hydrogen (secondary N) is 1. The number of allylic oxidation sites excluding steroid dienone is 1. The van der Waals surface area contributed by atoms with Crippen molar-refractivity contribution in [2.75, 3.05) is 6.54 Å². The first-order chi connectivity index (χ1) is 7.91. The zero-order chi connectivity index (χ0) is 13.0. The molecule has 0 aliphatic heterocycles. The normalized spacial score (nSPS) is 12.4. The maximum absolute atomic E-state index is 3.54. The second-order valence-electron chi connectivity index (χ2n) is 5.20. The Bertz CT molecular complexity index is 412. The summed E-state index contributed by atoms with van der Waals surface area (Å²) >= 11 is 0. The molecule has 0 aliphatic rings. The molecular weight excluding hydrogens is 206 g/mol. The lowest BCUT2D eigenvalue weighted by Crippen LogP contribution is -2.19. The second kappa shape index (κ2) is 6.02. The molecule has 1 aromatic rings. The van der Waals surface area contributed by atoms with E-state index in [1.807, 2.05) is 0 Å². The van der Waals surface area contributed by atoms with Crippen LogP contribution in [0.25, 0.3) is 0 Å². The zero-order valence-corrected chi connectivity index (χ0v) is 12.0. The van der Waals surface area contributed by atoms with Gasteiger partial charge in [0.2, 0.25) is 0 Å². The molecule has 0 amide bonds. The Morgan fingerprint density at radius 2 is 1.71 bits per heavy atom. The van der Waals surface area contributed by atoms with Gasteiger partial charge >= 0.3 is 0 Å². The van der Waals surface area contributed by atoms with Crippen molar-refractivity contribution in [1.82, 2.24) is 5.32 Å². The highest BCUT2D eigenvalue weighted by atomic mass is 14.9. The summed E-state index contributed by atoms with van der Waals surface area (Å²) in [6.07, 6.45) is 2.23. The fraction of sp³-hybridized carbons (Fsp3) is 0.500. The lowest BCUT2D eigenvalue weighted by molar-refractivity contribution is 0.612. The molecule has 0 saturated heterocycles. The minimum atomic E-state index is 0.407. The molecule has 1 nitrogen and oxygen atoms in total. The van der Waals surface area contributed by atoms with Crippen LogP contribution in [0.2, 0.25) is 0 Å². The average molecular weight is 231 g/mol. The molecule has 0 heterocycles. The van der Waals surface area contributed by atoms with E-state index in [4.69, 9.17) is 0 Å². The van der Waals surface area contributed by atoms with Gasteiger partial charge in [-0.05, 0) is 63.8 Å². The minimum Gasteiger partial charge on any atom is -0.307 e. The van der Waals surface area contributed by atoms with Gasteiger partial charge in [-0.1, -0.05) is 23.8 Å². The Morgan fingerprint density at radius 1 is 1.12 bits per heavy atom. The van der Waals surface area contributed by atoms with Crippen molar-refractivity contribution in [2.45, 2.75) is 47.6 Å². The van der Waals surface area contributed by atoms with E-state index in [9.17, 15) is 0 Å². The maximum atomic E-state index is 3.54. The van der Waals surface area contributed by atoms with Crippen molar-refractivity contribution in [1.29, 1.82) is 0 Å². The summed E-state index contributed by atoms with van der Waals surface area (Å²) in [7, 11) is 0. The van der Waals surface area contributed by atoms with Gasteiger partial charge in [0.15, 0.2) is 0 Å². The van der Waals surface area contributed by atoms with Crippen molar-refractivity contribution in [3.8, 4) is 0 Å². The van der Waals surface area contributed by atoms with Gasteiger partial charge in [0.25, 0.3) is 0 Å². The molecule has 1 N–H and O–H groups in total. The highest BCUT2D eigenvalue weighted by Crippen LogP contribution is 2.21. The molecule has 1 aromatic carbocycles. The summed E-state index contributed by atoms with van der Waals surface area (Å²) in [5.74, 6) is 0. The Kier molecular flexibility index (Phi) is 4.95. The summed E-state index contributed by atoms with van der Waals surface area (Å²) < 4.78 is 0. The zero-order valence-electron chi connectivity index (χ0n) is 12.0. The van der Waals surface area contributed by atoms with Crippen LogP contribution in [0.1, 0.15) is 49.1 Å². The van der Waals surface area contributed by atoms with Crippen molar-refractivity contribution >= 4 is 0 Å². The quantitative estimate of drug-likeness (QED) is 0.765. The number of rotatable bonds is 4. The van der Waals surface area contributed by atoms with Gasteiger partial charge in [-0.3, -0.25) is 0 Å². The summed E-state index contributed by atoms with van der Waals surface area (Å²) in [5.41, 5.74) is 6.91. The van der Waals surface area contributed by atoms with Crippen LogP contribution in [0.4, 0.5) is 0 Å². The Balaban J connectivity index is 2.78. The van der Waals surface area contributed by atoms with Crippen LogP contribution in [-0.2, 0) is 0 Å². The van der Waals surface area contributed by atoms with Crippen LogP contribution < -0.4 is 5.32 Å². The molecule has 1 atom stereocenters. The first-order valence-electron chi connectivity index (χ1n) is 6.36. The topological polar surface area (TPSA) is 12.0 Å². The van der Waals surface area contributed by atoms with E-state index in [1.165, 1.54) is 27.8 Å². The lowest BCUT2D eigenvalue weighted by atomic mass is 9.96. The molecule has 0 spiro atoms. The van der Waals surface area contributed by atoms with Gasteiger partial charge in [-0.25, -0.2) is 0 Å². The average Bonchev–Trinajstić information content (AvgIpc) is 2.22. The Hall–Kier alpha value is -1.08. The molecule has 1 unspecified atom stereocenters. The molecule has 0 saturated carbocycles. The van der Waals surface area contributed by atoms with Crippen LogP contribution in [0.3, 0.4) is 0 Å². The number of hydrogen-bond donors (Lipinski definition) is 1. The molecule has 94 valence electrons. The summed E-state index contributed by atoms with van der Waals surface area (Å²) in [4.78, 5) is 0. The molecular formula is C16H25N. The summed E-state index contributed by atoms with van der Waals surface area (Å²) in [6.45, 7) is 14.0. The largest absolute Gasteiger partial charge is 0.307 e. The van der Waals surface area contributed by atoms with E-state index in [0.29, 0.717) is 6.04 Å². The molecule has 0 bridgehead atoms. The fourth-order valence-electron chi connectivity index (χ4n) is 2.00. The highest BCUT2D eigenvalue weighted by Gasteiger charge is 2.08. The van der Waals surface area contributed by atoms with Crippen molar-refractivity contribution in [2.24, 2.45) is 0 Å². The van der Waals surface area contributed by atoms with Crippen molar-refractivity contribution in [3.05, 3.63) is 46.0 Å². The highest BCUT2D eigenvalue weighted by molar-refractivity contribution is 5.38. The molecule has 0 fully saturated rings. The van der Waals surface area contributed by atoms with Gasteiger partial charge in [0.1, 0.15) is 0 Å². The number of benzene rings is 1. The van der Waals surface area contributed by atoms with E-state index in [-0.39, 0.29) is 0 Å². The molecule has 1 heteroatoms. The standard InChI is InChI=1S/C16H25N/c1-11(2)7-8-17-15(6)16-10-13(4)12(3)9-14(16)5/h7,9-10,15,17H,8H2,1-6H3. The first-order valence-corrected chi connectivity index (χ1v) is 6.36. The lowest BCUT2D eigenvalue weighted by Gasteiger charge is -2.17. The van der Waals surface area contributed by atoms with Crippen LogP contribution in [-0.4, -0.2) is 6.54 Å². The molecule has 0 aliphatic carbocycles. The predicted octanol–water partition coefficient (Wildman–Crippen LogP) is 4.23. The third kappa shape index (κ3) is 4.01. The van der Waals surface area contributed by atoms with E-state index in [2.05, 4.69) is 65.1 Å². The van der Waals surface area contributed by atoms with Crippen LogP contribution in [0.15, 0.2) is 23.8 Å². The number of hydrogen-bond acceptors (Lipinski definition) is 1. The van der Waals surface area contributed by atoms with Crippen molar-refractivity contribution in [3.63, 3.8) is 0 Å².